The van der Waals surface area contributed by atoms with Crippen LogP contribution in [0.2, 0.25) is 5.02 Å². The van der Waals surface area contributed by atoms with Crippen molar-refractivity contribution in [1.82, 2.24) is 14.7 Å². The number of benzene rings is 1. The van der Waals surface area contributed by atoms with Gasteiger partial charge in [-0.15, -0.1) is 0 Å². The van der Waals surface area contributed by atoms with E-state index in [1.807, 2.05) is 6.07 Å². The Kier molecular flexibility index (Phi) is 4.30. The van der Waals surface area contributed by atoms with Gasteiger partial charge in [-0.3, -0.25) is 14.0 Å². The Labute approximate surface area is 165 Å². The predicted octanol–water partition coefficient (Wildman–Crippen LogP) is 1.36. The maximum atomic E-state index is 11.7. The van der Waals surface area contributed by atoms with E-state index in [-0.39, 0.29) is 12.2 Å². The number of aliphatic hydroxyl groups is 1. The van der Waals surface area contributed by atoms with Gasteiger partial charge in [-0.25, -0.2) is 4.98 Å². The highest BCUT2D eigenvalue weighted by atomic mass is 35.5. The Morgan fingerprint density at radius 1 is 1.36 bits per heavy atom. The van der Waals surface area contributed by atoms with E-state index in [0.29, 0.717) is 33.9 Å². The number of pyridine rings is 1. The maximum Gasteiger partial charge on any atom is 0.285 e. The molecule has 1 aliphatic heterocycles. The lowest BCUT2D eigenvalue weighted by molar-refractivity contribution is -0.130. The quantitative estimate of drug-likeness (QED) is 0.570. The standard InChI is InChI=1S/C20H15ClN4O3/c21-14-5-9-25-15(11-14)16(24-18(25)17(22)26)13-3-1-2-12(10-13)4-6-20(28)7-8-23-19(20)27/h1-3,5,9-11,28H,7-8H2,(H2,22,26)(H,23,27)/t20-/m0/s1. The van der Waals surface area contributed by atoms with Crippen LogP contribution in [0.5, 0.6) is 0 Å². The minimum absolute atomic E-state index is 0.0927. The average Bonchev–Trinajstić information content (AvgIpc) is 3.21. The summed E-state index contributed by atoms with van der Waals surface area (Å²) in [6.45, 7) is 0.390. The van der Waals surface area contributed by atoms with E-state index in [4.69, 9.17) is 17.3 Å². The summed E-state index contributed by atoms with van der Waals surface area (Å²) < 4.78 is 1.58. The molecule has 3 heterocycles. The van der Waals surface area contributed by atoms with Gasteiger partial charge < -0.3 is 16.2 Å². The first kappa shape index (κ1) is 18.0. The first-order valence-corrected chi connectivity index (χ1v) is 8.87. The second-order valence-electron chi connectivity index (χ2n) is 6.45. The molecule has 7 nitrogen and oxygen atoms in total. The van der Waals surface area contributed by atoms with Crippen LogP contribution >= 0.6 is 11.6 Å². The van der Waals surface area contributed by atoms with Gasteiger partial charge in [-0.05, 0) is 24.3 Å². The van der Waals surface area contributed by atoms with Crippen LogP contribution in [0, 0.1) is 11.8 Å². The Hall–Kier alpha value is -3.34. The van der Waals surface area contributed by atoms with Crippen molar-refractivity contribution in [2.24, 2.45) is 5.73 Å². The molecule has 0 aliphatic carbocycles. The summed E-state index contributed by atoms with van der Waals surface area (Å²) in [6, 6.07) is 10.4. The number of carbonyl (C=O) groups is 2. The zero-order valence-electron chi connectivity index (χ0n) is 14.6. The molecule has 1 saturated heterocycles. The summed E-state index contributed by atoms with van der Waals surface area (Å²) in [5.74, 6) is 4.43. The van der Waals surface area contributed by atoms with Crippen LogP contribution in [0.15, 0.2) is 42.6 Å². The number of amides is 2. The van der Waals surface area contributed by atoms with Crippen molar-refractivity contribution in [2.75, 3.05) is 6.54 Å². The van der Waals surface area contributed by atoms with Crippen LogP contribution in [0.25, 0.3) is 16.8 Å². The largest absolute Gasteiger partial charge is 0.369 e. The van der Waals surface area contributed by atoms with Crippen molar-refractivity contribution in [2.45, 2.75) is 12.0 Å². The summed E-state index contributed by atoms with van der Waals surface area (Å²) in [5, 5.41) is 13.3. The number of rotatable bonds is 2. The van der Waals surface area contributed by atoms with Crippen LogP contribution in [0.3, 0.4) is 0 Å². The monoisotopic (exact) mass is 394 g/mol. The lowest BCUT2D eigenvalue weighted by atomic mass is 10.0. The molecule has 28 heavy (non-hydrogen) atoms. The molecule has 0 spiro atoms. The first-order chi connectivity index (χ1) is 13.4. The van der Waals surface area contributed by atoms with Crippen LogP contribution < -0.4 is 11.1 Å². The summed E-state index contributed by atoms with van der Waals surface area (Å²) in [7, 11) is 0. The van der Waals surface area contributed by atoms with Gasteiger partial charge in [0.15, 0.2) is 0 Å². The Bertz CT molecular complexity index is 1190. The highest BCUT2D eigenvalue weighted by Gasteiger charge is 2.38. The Morgan fingerprint density at radius 3 is 2.89 bits per heavy atom. The molecule has 140 valence electrons. The summed E-state index contributed by atoms with van der Waals surface area (Å²) >= 11 is 6.10. The van der Waals surface area contributed by atoms with Crippen molar-refractivity contribution in [3.8, 4) is 23.1 Å². The van der Waals surface area contributed by atoms with Gasteiger partial charge in [0.25, 0.3) is 11.8 Å². The Morgan fingerprint density at radius 2 is 2.18 bits per heavy atom. The van der Waals surface area contributed by atoms with Gasteiger partial charge in [0.05, 0.1) is 11.2 Å². The van der Waals surface area contributed by atoms with Gasteiger partial charge >= 0.3 is 0 Å². The molecule has 0 unspecified atom stereocenters. The molecule has 1 aromatic carbocycles. The van der Waals surface area contributed by atoms with Gasteiger partial charge in [-0.2, -0.15) is 0 Å². The van der Waals surface area contributed by atoms with Crippen LogP contribution in [-0.4, -0.2) is 38.5 Å². The number of aromatic nitrogens is 2. The third-order valence-corrected chi connectivity index (χ3v) is 4.76. The summed E-state index contributed by atoms with van der Waals surface area (Å²) in [4.78, 5) is 27.8. The van der Waals surface area contributed by atoms with Gasteiger partial charge in [0, 0.05) is 35.3 Å². The lowest BCUT2D eigenvalue weighted by Gasteiger charge is -2.09. The number of fused-ring (bicyclic) bond motifs is 1. The minimum Gasteiger partial charge on any atom is -0.369 e. The molecule has 8 heteroatoms. The molecule has 3 aromatic rings. The molecule has 2 amide bonds. The molecule has 2 aromatic heterocycles. The number of nitrogens with zero attached hydrogens (tertiary/aromatic N) is 2. The third-order valence-electron chi connectivity index (χ3n) is 4.52. The third kappa shape index (κ3) is 3.09. The molecule has 1 atom stereocenters. The van der Waals surface area contributed by atoms with Gasteiger partial charge in [0.2, 0.25) is 11.4 Å². The fraction of sp³-hybridized carbons (Fsp3) is 0.150. The van der Waals surface area contributed by atoms with Crippen LogP contribution in [0.4, 0.5) is 0 Å². The number of nitrogens with two attached hydrogens (primary N) is 1. The van der Waals surface area contributed by atoms with Crippen molar-refractivity contribution < 1.29 is 14.7 Å². The van der Waals surface area contributed by atoms with E-state index in [2.05, 4.69) is 22.1 Å². The fourth-order valence-corrected chi connectivity index (χ4v) is 3.26. The van der Waals surface area contributed by atoms with Crippen LogP contribution in [0.1, 0.15) is 22.6 Å². The maximum absolute atomic E-state index is 11.7. The van der Waals surface area contributed by atoms with E-state index in [1.54, 1.807) is 40.9 Å². The van der Waals surface area contributed by atoms with E-state index < -0.39 is 17.4 Å². The average molecular weight is 395 g/mol. The number of nitrogens with one attached hydrogen (secondary N) is 1. The van der Waals surface area contributed by atoms with E-state index in [0.717, 1.165) is 0 Å². The first-order valence-electron chi connectivity index (χ1n) is 8.49. The highest BCUT2D eigenvalue weighted by molar-refractivity contribution is 6.31. The van der Waals surface area contributed by atoms with Crippen molar-refractivity contribution in [1.29, 1.82) is 0 Å². The topological polar surface area (TPSA) is 110 Å². The molecule has 4 rings (SSSR count). The number of hydrogen-bond donors (Lipinski definition) is 3. The summed E-state index contributed by atoms with van der Waals surface area (Å²) in [6.07, 6.45) is 1.87. The smallest absolute Gasteiger partial charge is 0.285 e. The second-order valence-corrected chi connectivity index (χ2v) is 6.88. The molecule has 4 N–H and O–H groups in total. The molecule has 0 radical (unpaired) electrons. The van der Waals surface area contributed by atoms with Crippen molar-refractivity contribution >= 4 is 28.9 Å². The molecular formula is C20H15ClN4O3. The molecule has 0 bridgehead atoms. The minimum atomic E-state index is -1.68. The zero-order chi connectivity index (χ0) is 19.9. The second kappa shape index (κ2) is 6.68. The van der Waals surface area contributed by atoms with E-state index in [9.17, 15) is 14.7 Å². The molecule has 0 saturated carbocycles. The number of halogens is 1. The van der Waals surface area contributed by atoms with Crippen molar-refractivity contribution in [3.05, 3.63) is 59.0 Å². The highest BCUT2D eigenvalue weighted by Crippen LogP contribution is 2.27. The van der Waals surface area contributed by atoms with E-state index >= 15 is 0 Å². The predicted molar refractivity (Wildman–Crippen MR) is 104 cm³/mol. The molecular weight excluding hydrogens is 380 g/mol. The fourth-order valence-electron chi connectivity index (χ4n) is 3.10. The SMILES string of the molecule is NC(=O)c1nc(-c2cccc(C#C[C@]3(O)CCNC3=O)c2)c2cc(Cl)ccn12. The number of carbonyl (C=O) groups excluding carboxylic acids is 2. The summed E-state index contributed by atoms with van der Waals surface area (Å²) in [5.41, 5.74) is 6.20. The zero-order valence-corrected chi connectivity index (χ0v) is 15.3. The normalized spacial score (nSPS) is 18.6. The van der Waals surface area contributed by atoms with Crippen LogP contribution in [-0.2, 0) is 4.79 Å². The number of primary amides is 1. The lowest BCUT2D eigenvalue weighted by Crippen LogP contribution is -2.36. The van der Waals surface area contributed by atoms with Crippen molar-refractivity contribution in [3.63, 3.8) is 0 Å². The van der Waals surface area contributed by atoms with Gasteiger partial charge in [0.1, 0.15) is 0 Å². The van der Waals surface area contributed by atoms with Gasteiger partial charge in [-0.1, -0.05) is 35.6 Å². The Balaban J connectivity index is 1.80. The number of hydrogen-bond acceptors (Lipinski definition) is 4. The molecule has 1 fully saturated rings. The number of imidazole rings is 1. The van der Waals surface area contributed by atoms with E-state index in [1.165, 1.54) is 0 Å². The molecule has 1 aliphatic rings.